The normalized spacial score (nSPS) is 11.1. The number of hydrogen-bond donors (Lipinski definition) is 2. The van der Waals surface area contributed by atoms with Gasteiger partial charge in [0.05, 0.1) is 18.5 Å². The van der Waals surface area contributed by atoms with Gasteiger partial charge in [-0.2, -0.15) is 5.10 Å². The van der Waals surface area contributed by atoms with Gasteiger partial charge in [0, 0.05) is 0 Å². The minimum absolute atomic E-state index is 0.164. The molecule has 1 aromatic heterocycles. The van der Waals surface area contributed by atoms with Crippen LogP contribution in [-0.4, -0.2) is 24.1 Å². The van der Waals surface area contributed by atoms with Gasteiger partial charge in [0.25, 0.3) is 11.8 Å². The van der Waals surface area contributed by atoms with Crippen LogP contribution in [0, 0.1) is 0 Å². The molecule has 0 aliphatic carbocycles. The SMILES string of the molecule is CCC/C(=N/NC(=O)CNC(=O)c1ccco1)c1ccccc1. The van der Waals surface area contributed by atoms with Crippen LogP contribution in [0.2, 0.25) is 0 Å². The average molecular weight is 313 g/mol. The molecule has 2 amide bonds. The van der Waals surface area contributed by atoms with Gasteiger partial charge in [-0.15, -0.1) is 0 Å². The van der Waals surface area contributed by atoms with Crippen LogP contribution in [-0.2, 0) is 4.79 Å². The number of rotatable bonds is 7. The standard InChI is InChI=1S/C17H19N3O3/c1-2-7-14(13-8-4-3-5-9-13)19-20-16(21)12-18-17(22)15-10-6-11-23-15/h3-6,8-11H,2,7,12H2,1H3,(H,18,22)(H,20,21)/b19-14-. The molecule has 0 aliphatic rings. The number of furan rings is 1. The molecule has 6 nitrogen and oxygen atoms in total. The topological polar surface area (TPSA) is 83.7 Å². The first kappa shape index (κ1) is 16.5. The lowest BCUT2D eigenvalue weighted by Gasteiger charge is -2.07. The van der Waals surface area contributed by atoms with Crippen molar-refractivity contribution in [2.24, 2.45) is 5.10 Å². The van der Waals surface area contributed by atoms with Crippen LogP contribution >= 0.6 is 0 Å². The quantitative estimate of drug-likeness (QED) is 0.608. The van der Waals surface area contributed by atoms with Gasteiger partial charge < -0.3 is 9.73 Å². The summed E-state index contributed by atoms with van der Waals surface area (Å²) in [5, 5.41) is 6.63. The predicted molar refractivity (Wildman–Crippen MR) is 87.1 cm³/mol. The van der Waals surface area contributed by atoms with Crippen molar-refractivity contribution in [2.75, 3.05) is 6.54 Å². The molecule has 0 radical (unpaired) electrons. The molecule has 6 heteroatoms. The lowest BCUT2D eigenvalue weighted by atomic mass is 10.1. The fraction of sp³-hybridized carbons (Fsp3) is 0.235. The minimum Gasteiger partial charge on any atom is -0.459 e. The maximum absolute atomic E-state index is 11.8. The number of amides is 2. The van der Waals surface area contributed by atoms with Gasteiger partial charge >= 0.3 is 0 Å². The number of hydrogen-bond acceptors (Lipinski definition) is 4. The van der Waals surface area contributed by atoms with Crippen molar-refractivity contribution in [1.29, 1.82) is 0 Å². The molecule has 2 rings (SSSR count). The van der Waals surface area contributed by atoms with Crippen LogP contribution in [0.5, 0.6) is 0 Å². The molecule has 0 saturated carbocycles. The lowest BCUT2D eigenvalue weighted by molar-refractivity contribution is -0.120. The third kappa shape index (κ3) is 5.10. The number of nitrogens with one attached hydrogen (secondary N) is 2. The highest BCUT2D eigenvalue weighted by molar-refractivity contribution is 6.01. The third-order valence-corrected chi connectivity index (χ3v) is 3.06. The Morgan fingerprint density at radius 3 is 2.57 bits per heavy atom. The van der Waals surface area contributed by atoms with Crippen LogP contribution in [0.1, 0.15) is 35.9 Å². The highest BCUT2D eigenvalue weighted by Gasteiger charge is 2.10. The van der Waals surface area contributed by atoms with E-state index >= 15 is 0 Å². The summed E-state index contributed by atoms with van der Waals surface area (Å²) in [6.07, 6.45) is 3.07. The lowest BCUT2D eigenvalue weighted by Crippen LogP contribution is -2.35. The first-order chi connectivity index (χ1) is 11.2. The molecule has 0 aliphatic heterocycles. The van der Waals surface area contributed by atoms with Crippen LogP contribution in [0.3, 0.4) is 0 Å². The van der Waals surface area contributed by atoms with Crippen LogP contribution in [0.4, 0.5) is 0 Å². The van der Waals surface area contributed by atoms with E-state index in [0.717, 1.165) is 24.1 Å². The molecular weight excluding hydrogens is 294 g/mol. The summed E-state index contributed by atoms with van der Waals surface area (Å²) < 4.78 is 4.94. The first-order valence-corrected chi connectivity index (χ1v) is 7.43. The number of carbonyl (C=O) groups excluding carboxylic acids is 2. The van der Waals surface area contributed by atoms with Crippen molar-refractivity contribution in [3.8, 4) is 0 Å². The minimum atomic E-state index is -0.439. The molecule has 2 aromatic rings. The second-order valence-electron chi connectivity index (χ2n) is 4.87. The first-order valence-electron chi connectivity index (χ1n) is 7.43. The summed E-state index contributed by atoms with van der Waals surface area (Å²) in [6.45, 7) is 1.88. The number of carbonyl (C=O) groups is 2. The molecule has 1 heterocycles. The van der Waals surface area contributed by atoms with Crippen LogP contribution < -0.4 is 10.7 Å². The Balaban J connectivity index is 1.89. The largest absolute Gasteiger partial charge is 0.459 e. The van der Waals surface area contributed by atoms with E-state index in [1.807, 2.05) is 37.3 Å². The molecule has 0 unspecified atom stereocenters. The average Bonchev–Trinajstić information content (AvgIpc) is 3.12. The molecule has 0 spiro atoms. The Bertz CT molecular complexity index is 664. The zero-order chi connectivity index (χ0) is 16.5. The maximum Gasteiger partial charge on any atom is 0.287 e. The van der Waals surface area contributed by atoms with E-state index in [0.29, 0.717) is 0 Å². The number of hydrazone groups is 1. The van der Waals surface area contributed by atoms with E-state index in [4.69, 9.17) is 4.42 Å². The highest BCUT2D eigenvalue weighted by Crippen LogP contribution is 2.06. The molecule has 0 fully saturated rings. The van der Waals surface area contributed by atoms with Crippen molar-refractivity contribution in [2.45, 2.75) is 19.8 Å². The van der Waals surface area contributed by atoms with E-state index in [9.17, 15) is 9.59 Å². The molecule has 0 saturated heterocycles. The predicted octanol–water partition coefficient (Wildman–Crippen LogP) is 2.33. The van der Waals surface area contributed by atoms with Gasteiger partial charge in [0.2, 0.25) is 0 Å². The Labute approximate surface area is 134 Å². The van der Waals surface area contributed by atoms with Gasteiger partial charge in [-0.1, -0.05) is 43.7 Å². The monoisotopic (exact) mass is 313 g/mol. The third-order valence-electron chi connectivity index (χ3n) is 3.06. The van der Waals surface area contributed by atoms with Crippen molar-refractivity contribution in [1.82, 2.24) is 10.7 Å². The highest BCUT2D eigenvalue weighted by atomic mass is 16.3. The van der Waals surface area contributed by atoms with Gasteiger partial charge in [-0.05, 0) is 24.1 Å². The zero-order valence-electron chi connectivity index (χ0n) is 12.9. The van der Waals surface area contributed by atoms with E-state index in [2.05, 4.69) is 15.8 Å². The number of nitrogens with zero attached hydrogens (tertiary/aromatic N) is 1. The van der Waals surface area contributed by atoms with E-state index < -0.39 is 11.8 Å². The fourth-order valence-electron chi connectivity index (χ4n) is 1.96. The summed E-state index contributed by atoms with van der Waals surface area (Å²) in [5.41, 5.74) is 4.24. The van der Waals surface area contributed by atoms with Crippen molar-refractivity contribution >= 4 is 17.5 Å². The Kier molecular flexibility index (Phi) is 6.11. The van der Waals surface area contributed by atoms with Crippen LogP contribution in [0.15, 0.2) is 58.2 Å². The molecule has 120 valence electrons. The molecule has 2 N–H and O–H groups in total. The van der Waals surface area contributed by atoms with Crippen molar-refractivity contribution in [3.63, 3.8) is 0 Å². The van der Waals surface area contributed by atoms with Crippen molar-refractivity contribution in [3.05, 3.63) is 60.1 Å². The maximum atomic E-state index is 11.8. The Morgan fingerprint density at radius 1 is 1.13 bits per heavy atom. The van der Waals surface area contributed by atoms with E-state index in [1.165, 1.54) is 12.3 Å². The molecule has 1 aromatic carbocycles. The smallest absolute Gasteiger partial charge is 0.287 e. The summed E-state index contributed by atoms with van der Waals surface area (Å²) in [5.74, 6) is -0.669. The van der Waals surface area contributed by atoms with E-state index in [1.54, 1.807) is 6.07 Å². The van der Waals surface area contributed by atoms with Gasteiger partial charge in [-0.3, -0.25) is 9.59 Å². The zero-order valence-corrected chi connectivity index (χ0v) is 12.9. The van der Waals surface area contributed by atoms with Gasteiger partial charge in [0.1, 0.15) is 0 Å². The van der Waals surface area contributed by atoms with Crippen molar-refractivity contribution < 1.29 is 14.0 Å². The number of benzene rings is 1. The second-order valence-corrected chi connectivity index (χ2v) is 4.87. The molecule has 23 heavy (non-hydrogen) atoms. The summed E-state index contributed by atoms with van der Waals surface area (Å²) >= 11 is 0. The Hall–Kier alpha value is -2.89. The summed E-state index contributed by atoms with van der Waals surface area (Å²) in [6, 6.07) is 12.8. The Morgan fingerprint density at radius 2 is 1.91 bits per heavy atom. The summed E-state index contributed by atoms with van der Waals surface area (Å²) in [4.78, 5) is 23.4. The van der Waals surface area contributed by atoms with Crippen LogP contribution in [0.25, 0.3) is 0 Å². The van der Waals surface area contributed by atoms with Gasteiger partial charge in [0.15, 0.2) is 5.76 Å². The molecule has 0 atom stereocenters. The van der Waals surface area contributed by atoms with E-state index in [-0.39, 0.29) is 12.3 Å². The molecular formula is C17H19N3O3. The summed E-state index contributed by atoms with van der Waals surface area (Å²) in [7, 11) is 0. The molecule has 0 bridgehead atoms. The van der Waals surface area contributed by atoms with Gasteiger partial charge in [-0.25, -0.2) is 5.43 Å². The second kappa shape index (κ2) is 8.53. The fourth-order valence-corrected chi connectivity index (χ4v) is 1.96.